The minimum absolute atomic E-state index is 0.0669. The zero-order valence-electron chi connectivity index (χ0n) is 15.4. The van der Waals surface area contributed by atoms with Gasteiger partial charge in [-0.05, 0) is 23.8 Å². The number of carbonyl (C=O) groups excluding carboxylic acids is 2. The second-order valence-electron chi connectivity index (χ2n) is 6.21. The predicted molar refractivity (Wildman–Crippen MR) is 110 cm³/mol. The Balaban J connectivity index is 1.90. The van der Waals surface area contributed by atoms with Crippen molar-refractivity contribution in [2.24, 2.45) is 10.7 Å². The second-order valence-corrected chi connectivity index (χ2v) is 6.21. The van der Waals surface area contributed by atoms with Crippen LogP contribution in [0.3, 0.4) is 0 Å². The van der Waals surface area contributed by atoms with Crippen molar-refractivity contribution in [1.29, 1.82) is 5.26 Å². The van der Waals surface area contributed by atoms with Gasteiger partial charge in [-0.1, -0.05) is 66.7 Å². The van der Waals surface area contributed by atoms with Crippen LogP contribution in [-0.4, -0.2) is 17.6 Å². The minimum Gasteiger partial charge on any atom is -0.383 e. The third-order valence-electron chi connectivity index (χ3n) is 4.21. The van der Waals surface area contributed by atoms with Crippen LogP contribution in [-0.2, 0) is 4.79 Å². The minimum atomic E-state index is -1.02. The zero-order chi connectivity index (χ0) is 20.6. The molecule has 0 saturated carbocycles. The van der Waals surface area contributed by atoms with E-state index in [1.165, 1.54) is 6.07 Å². The average molecular weight is 382 g/mol. The van der Waals surface area contributed by atoms with E-state index in [2.05, 4.69) is 10.3 Å². The molecular weight excluding hydrogens is 364 g/mol. The van der Waals surface area contributed by atoms with Gasteiger partial charge in [0.2, 0.25) is 0 Å². The molecule has 1 unspecified atom stereocenters. The molecule has 3 rings (SSSR count). The van der Waals surface area contributed by atoms with Crippen LogP contribution in [0.1, 0.15) is 33.1 Å². The Morgan fingerprint density at radius 3 is 2.17 bits per heavy atom. The number of amides is 2. The molecule has 0 bridgehead atoms. The van der Waals surface area contributed by atoms with Gasteiger partial charge in [-0.25, -0.2) is 0 Å². The summed E-state index contributed by atoms with van der Waals surface area (Å²) in [6, 6.07) is 24.9. The molecule has 0 radical (unpaired) electrons. The monoisotopic (exact) mass is 382 g/mol. The van der Waals surface area contributed by atoms with Crippen molar-refractivity contribution in [3.8, 4) is 6.07 Å². The van der Waals surface area contributed by atoms with Crippen molar-refractivity contribution in [2.75, 3.05) is 0 Å². The van der Waals surface area contributed by atoms with Crippen molar-refractivity contribution >= 4 is 17.6 Å². The van der Waals surface area contributed by atoms with E-state index in [-0.39, 0.29) is 11.4 Å². The SMILES string of the molecule is N#Cc1cccc(C(=O)NC(C(=O)N=C(N)c2ccccc2)c2ccccc2)c1. The Kier molecular flexibility index (Phi) is 6.13. The highest BCUT2D eigenvalue weighted by atomic mass is 16.2. The van der Waals surface area contributed by atoms with E-state index in [1.54, 1.807) is 66.7 Å². The second kappa shape index (κ2) is 9.11. The Labute approximate surface area is 168 Å². The van der Waals surface area contributed by atoms with Crippen molar-refractivity contribution in [3.63, 3.8) is 0 Å². The molecule has 0 fully saturated rings. The molecule has 0 heterocycles. The maximum atomic E-state index is 12.9. The molecule has 0 aliphatic carbocycles. The van der Waals surface area contributed by atoms with Crippen LogP contribution in [0, 0.1) is 11.3 Å². The molecule has 0 spiro atoms. The summed E-state index contributed by atoms with van der Waals surface area (Å²) in [5.41, 5.74) is 7.79. The van der Waals surface area contributed by atoms with Crippen molar-refractivity contribution in [3.05, 3.63) is 107 Å². The number of aliphatic imine (C=N–C) groups is 1. The molecule has 3 N–H and O–H groups in total. The number of amidine groups is 1. The fourth-order valence-corrected chi connectivity index (χ4v) is 2.73. The Bertz CT molecular complexity index is 1090. The van der Waals surface area contributed by atoms with E-state index in [4.69, 9.17) is 11.0 Å². The summed E-state index contributed by atoms with van der Waals surface area (Å²) in [6.45, 7) is 0. The van der Waals surface area contributed by atoms with Crippen LogP contribution in [0.4, 0.5) is 0 Å². The number of hydrogen-bond donors (Lipinski definition) is 2. The Morgan fingerprint density at radius 1 is 0.897 bits per heavy atom. The number of nitrogens with two attached hydrogens (primary N) is 1. The summed E-state index contributed by atoms with van der Waals surface area (Å²) in [4.78, 5) is 29.6. The van der Waals surface area contributed by atoms with Crippen LogP contribution in [0.25, 0.3) is 0 Å². The summed E-state index contributed by atoms with van der Waals surface area (Å²) in [7, 11) is 0. The highest BCUT2D eigenvalue weighted by Crippen LogP contribution is 2.16. The quantitative estimate of drug-likeness (QED) is 0.522. The van der Waals surface area contributed by atoms with Gasteiger partial charge in [0.25, 0.3) is 11.8 Å². The van der Waals surface area contributed by atoms with Gasteiger partial charge in [0.1, 0.15) is 11.9 Å². The van der Waals surface area contributed by atoms with Gasteiger partial charge in [0, 0.05) is 11.1 Å². The fourth-order valence-electron chi connectivity index (χ4n) is 2.73. The molecule has 6 nitrogen and oxygen atoms in total. The lowest BCUT2D eigenvalue weighted by molar-refractivity contribution is -0.119. The molecule has 6 heteroatoms. The molecule has 3 aromatic carbocycles. The van der Waals surface area contributed by atoms with E-state index in [9.17, 15) is 9.59 Å². The molecule has 0 aliphatic rings. The fraction of sp³-hybridized carbons (Fsp3) is 0.0435. The standard InChI is InChI=1S/C23H18N4O2/c24-15-16-8-7-13-19(14-16)22(28)26-20(17-9-3-1-4-10-17)23(29)27-21(25)18-11-5-2-6-12-18/h1-14,20H,(H,26,28)(H2,25,27,29). The highest BCUT2D eigenvalue weighted by Gasteiger charge is 2.23. The number of benzene rings is 3. The third-order valence-corrected chi connectivity index (χ3v) is 4.21. The first-order valence-corrected chi connectivity index (χ1v) is 8.88. The Hall–Kier alpha value is -4.24. The van der Waals surface area contributed by atoms with E-state index >= 15 is 0 Å². The first kappa shape index (κ1) is 19.5. The lowest BCUT2D eigenvalue weighted by Crippen LogP contribution is -2.34. The lowest BCUT2D eigenvalue weighted by atomic mass is 10.0. The first-order valence-electron chi connectivity index (χ1n) is 8.88. The van der Waals surface area contributed by atoms with E-state index in [0.717, 1.165) is 0 Å². The number of rotatable bonds is 5. The summed E-state index contributed by atoms with van der Waals surface area (Å²) in [5.74, 6) is -1.02. The van der Waals surface area contributed by atoms with E-state index in [0.29, 0.717) is 16.7 Å². The van der Waals surface area contributed by atoms with Crippen LogP contribution in [0.15, 0.2) is 89.9 Å². The molecule has 2 amide bonds. The first-order chi connectivity index (χ1) is 14.1. The lowest BCUT2D eigenvalue weighted by Gasteiger charge is -2.16. The van der Waals surface area contributed by atoms with Crippen LogP contribution >= 0.6 is 0 Å². The largest absolute Gasteiger partial charge is 0.383 e. The molecule has 1 atom stereocenters. The van der Waals surface area contributed by atoms with Gasteiger partial charge >= 0.3 is 0 Å². The van der Waals surface area contributed by atoms with Gasteiger partial charge < -0.3 is 11.1 Å². The smallest absolute Gasteiger partial charge is 0.274 e. The van der Waals surface area contributed by atoms with Gasteiger partial charge in [-0.15, -0.1) is 0 Å². The van der Waals surface area contributed by atoms with Crippen molar-refractivity contribution < 1.29 is 9.59 Å². The van der Waals surface area contributed by atoms with Gasteiger partial charge in [0.15, 0.2) is 0 Å². The number of nitriles is 1. The molecule has 29 heavy (non-hydrogen) atoms. The van der Waals surface area contributed by atoms with Gasteiger partial charge in [-0.3, -0.25) is 9.59 Å². The molecular formula is C23H18N4O2. The van der Waals surface area contributed by atoms with Crippen molar-refractivity contribution in [2.45, 2.75) is 6.04 Å². The highest BCUT2D eigenvalue weighted by molar-refractivity contribution is 6.06. The number of nitrogens with one attached hydrogen (secondary N) is 1. The van der Waals surface area contributed by atoms with Crippen LogP contribution in [0.5, 0.6) is 0 Å². The molecule has 3 aromatic rings. The number of hydrogen-bond acceptors (Lipinski definition) is 3. The maximum Gasteiger partial charge on any atom is 0.274 e. The zero-order valence-corrected chi connectivity index (χ0v) is 15.4. The van der Waals surface area contributed by atoms with Crippen LogP contribution < -0.4 is 11.1 Å². The summed E-state index contributed by atoms with van der Waals surface area (Å²) in [6.07, 6.45) is 0. The van der Waals surface area contributed by atoms with Gasteiger partial charge in [-0.2, -0.15) is 10.3 Å². The predicted octanol–water partition coefficient (Wildman–Crippen LogP) is 2.96. The third kappa shape index (κ3) is 4.93. The normalized spacial score (nSPS) is 11.9. The van der Waals surface area contributed by atoms with E-state index in [1.807, 2.05) is 18.2 Å². The maximum absolute atomic E-state index is 12.9. The van der Waals surface area contributed by atoms with Gasteiger partial charge in [0.05, 0.1) is 11.6 Å². The topological polar surface area (TPSA) is 108 Å². The molecule has 0 aliphatic heterocycles. The summed E-state index contributed by atoms with van der Waals surface area (Å²) >= 11 is 0. The molecule has 142 valence electrons. The van der Waals surface area contributed by atoms with Crippen molar-refractivity contribution in [1.82, 2.24) is 5.32 Å². The molecule has 0 saturated heterocycles. The van der Waals surface area contributed by atoms with Crippen LogP contribution in [0.2, 0.25) is 0 Å². The van der Waals surface area contributed by atoms with E-state index < -0.39 is 17.9 Å². The Morgan fingerprint density at radius 2 is 1.52 bits per heavy atom. The average Bonchev–Trinajstić information content (AvgIpc) is 2.78. The summed E-state index contributed by atoms with van der Waals surface area (Å²) < 4.78 is 0. The number of carbonyl (C=O) groups is 2. The summed E-state index contributed by atoms with van der Waals surface area (Å²) in [5, 5.41) is 11.7. The number of nitrogens with zero attached hydrogens (tertiary/aromatic N) is 2. The molecule has 0 aromatic heterocycles.